The van der Waals surface area contributed by atoms with E-state index in [4.69, 9.17) is 4.74 Å². The van der Waals surface area contributed by atoms with Crippen molar-refractivity contribution in [3.8, 4) is 5.75 Å². The third-order valence-electron chi connectivity index (χ3n) is 4.14. The Kier molecular flexibility index (Phi) is 6.03. The summed E-state index contributed by atoms with van der Waals surface area (Å²) in [7, 11) is 0. The second-order valence-corrected chi connectivity index (χ2v) is 5.95. The van der Waals surface area contributed by atoms with Crippen molar-refractivity contribution in [2.45, 2.75) is 32.9 Å². The molecule has 4 heteroatoms. The number of benzene rings is 1. The smallest absolute Gasteiger partial charge is 0.119 e. The number of ether oxygens (including phenoxy) is 1. The Balaban J connectivity index is 1.83. The lowest BCUT2D eigenvalue weighted by molar-refractivity contribution is 0.0621. The number of nitrogens with zero attached hydrogens (tertiary/aromatic N) is 2. The number of β-amino-alcohol motifs (C(OH)–C–C–N with tert-alkyl or cyclic N) is 1. The number of hydrogen-bond acceptors (Lipinski definition) is 4. The molecule has 1 aromatic rings. The molecule has 0 bridgehead atoms. The molecular formula is C17H28N2O2. The van der Waals surface area contributed by atoms with Crippen LogP contribution in [-0.2, 0) is 0 Å². The van der Waals surface area contributed by atoms with Gasteiger partial charge in [-0.3, -0.25) is 9.80 Å². The molecule has 1 atom stereocenters. The molecule has 1 fully saturated rings. The molecule has 21 heavy (non-hydrogen) atoms. The highest BCUT2D eigenvalue weighted by Crippen LogP contribution is 2.19. The summed E-state index contributed by atoms with van der Waals surface area (Å²) in [5.41, 5.74) is 0.963. The molecule has 1 N–H and O–H groups in total. The van der Waals surface area contributed by atoms with Gasteiger partial charge in [-0.2, -0.15) is 0 Å². The van der Waals surface area contributed by atoms with Gasteiger partial charge in [0.15, 0.2) is 0 Å². The molecule has 1 aliphatic heterocycles. The monoisotopic (exact) mass is 292 g/mol. The van der Waals surface area contributed by atoms with Crippen molar-refractivity contribution in [2.24, 2.45) is 0 Å². The second-order valence-electron chi connectivity index (χ2n) is 5.95. The lowest BCUT2D eigenvalue weighted by atomic mass is 10.1. The fourth-order valence-electron chi connectivity index (χ4n) is 2.77. The number of piperazine rings is 1. The molecule has 4 nitrogen and oxygen atoms in total. The van der Waals surface area contributed by atoms with E-state index < -0.39 is 6.10 Å². The van der Waals surface area contributed by atoms with Crippen LogP contribution < -0.4 is 4.74 Å². The van der Waals surface area contributed by atoms with Crippen molar-refractivity contribution in [2.75, 3.05) is 39.3 Å². The van der Waals surface area contributed by atoms with Crippen LogP contribution in [0.4, 0.5) is 0 Å². The van der Waals surface area contributed by atoms with E-state index in [2.05, 4.69) is 23.6 Å². The van der Waals surface area contributed by atoms with Gasteiger partial charge >= 0.3 is 0 Å². The Labute approximate surface area is 128 Å². The number of aliphatic hydroxyl groups excluding tert-OH is 1. The summed E-state index contributed by atoms with van der Waals surface area (Å²) >= 11 is 0. The molecule has 0 spiro atoms. The van der Waals surface area contributed by atoms with Gasteiger partial charge in [-0.15, -0.1) is 0 Å². The Morgan fingerprint density at radius 3 is 2.24 bits per heavy atom. The molecule has 1 aromatic carbocycles. The largest absolute Gasteiger partial charge is 0.494 e. The molecule has 0 aromatic heterocycles. The summed E-state index contributed by atoms with van der Waals surface area (Å²) in [6, 6.07) is 8.39. The maximum atomic E-state index is 10.4. The Morgan fingerprint density at radius 2 is 1.71 bits per heavy atom. The fourth-order valence-corrected chi connectivity index (χ4v) is 2.77. The van der Waals surface area contributed by atoms with Crippen LogP contribution in [0.25, 0.3) is 0 Å². The first-order valence-corrected chi connectivity index (χ1v) is 7.97. The average Bonchev–Trinajstić information content (AvgIpc) is 2.49. The van der Waals surface area contributed by atoms with Crippen molar-refractivity contribution in [3.63, 3.8) is 0 Å². The predicted octanol–water partition coefficient (Wildman–Crippen LogP) is 2.14. The van der Waals surface area contributed by atoms with E-state index in [9.17, 15) is 5.11 Å². The molecule has 0 aliphatic carbocycles. The first-order chi connectivity index (χ1) is 10.1. The third kappa shape index (κ3) is 4.70. The fraction of sp³-hybridized carbons (Fsp3) is 0.647. The molecule has 1 unspecified atom stereocenters. The van der Waals surface area contributed by atoms with Crippen molar-refractivity contribution in [1.29, 1.82) is 0 Å². The average molecular weight is 292 g/mol. The molecular weight excluding hydrogens is 264 g/mol. The SMILES string of the molecule is CCOc1ccc(C(O)CN2CCN(C(C)C)CC2)cc1. The van der Waals surface area contributed by atoms with Gasteiger partial charge in [0.05, 0.1) is 12.7 Å². The Morgan fingerprint density at radius 1 is 1.10 bits per heavy atom. The summed E-state index contributed by atoms with van der Waals surface area (Å²) in [5, 5.41) is 10.4. The molecule has 1 heterocycles. The zero-order chi connectivity index (χ0) is 15.2. The van der Waals surface area contributed by atoms with E-state index in [1.807, 2.05) is 31.2 Å². The van der Waals surface area contributed by atoms with Crippen LogP contribution in [0, 0.1) is 0 Å². The minimum atomic E-state index is -0.425. The van der Waals surface area contributed by atoms with E-state index in [0.29, 0.717) is 19.2 Å². The van der Waals surface area contributed by atoms with E-state index in [-0.39, 0.29) is 0 Å². The summed E-state index contributed by atoms with van der Waals surface area (Å²) in [6.07, 6.45) is -0.425. The van der Waals surface area contributed by atoms with Gasteiger partial charge < -0.3 is 9.84 Å². The highest BCUT2D eigenvalue weighted by molar-refractivity contribution is 5.28. The third-order valence-corrected chi connectivity index (χ3v) is 4.14. The second kappa shape index (κ2) is 7.78. The van der Waals surface area contributed by atoms with E-state index in [1.165, 1.54) is 0 Å². The number of hydrogen-bond donors (Lipinski definition) is 1. The minimum Gasteiger partial charge on any atom is -0.494 e. The number of rotatable bonds is 6. The number of aliphatic hydroxyl groups is 1. The summed E-state index contributed by atoms with van der Waals surface area (Å²) in [4.78, 5) is 4.83. The predicted molar refractivity (Wildman–Crippen MR) is 85.7 cm³/mol. The zero-order valence-electron chi connectivity index (χ0n) is 13.5. The van der Waals surface area contributed by atoms with Crippen LogP contribution in [-0.4, -0.2) is 60.3 Å². The molecule has 118 valence electrons. The van der Waals surface area contributed by atoms with Crippen molar-refractivity contribution >= 4 is 0 Å². The van der Waals surface area contributed by atoms with Gasteiger partial charge in [-0.1, -0.05) is 12.1 Å². The van der Waals surface area contributed by atoms with Crippen molar-refractivity contribution in [3.05, 3.63) is 29.8 Å². The topological polar surface area (TPSA) is 35.9 Å². The molecule has 2 rings (SSSR count). The van der Waals surface area contributed by atoms with Gasteiger partial charge in [-0.05, 0) is 38.5 Å². The van der Waals surface area contributed by atoms with Crippen LogP contribution in [0.15, 0.2) is 24.3 Å². The van der Waals surface area contributed by atoms with E-state index in [0.717, 1.165) is 37.5 Å². The van der Waals surface area contributed by atoms with Crippen LogP contribution in [0.1, 0.15) is 32.4 Å². The van der Waals surface area contributed by atoms with Crippen LogP contribution in [0.5, 0.6) is 5.75 Å². The molecule has 1 aliphatic rings. The first-order valence-electron chi connectivity index (χ1n) is 7.97. The lowest BCUT2D eigenvalue weighted by Gasteiger charge is -2.37. The van der Waals surface area contributed by atoms with Gasteiger partial charge in [-0.25, -0.2) is 0 Å². The lowest BCUT2D eigenvalue weighted by Crippen LogP contribution is -2.49. The van der Waals surface area contributed by atoms with Crippen molar-refractivity contribution in [1.82, 2.24) is 9.80 Å². The van der Waals surface area contributed by atoms with E-state index in [1.54, 1.807) is 0 Å². The molecule has 1 saturated heterocycles. The van der Waals surface area contributed by atoms with E-state index >= 15 is 0 Å². The summed E-state index contributed by atoms with van der Waals surface area (Å²) in [5.74, 6) is 0.860. The quantitative estimate of drug-likeness (QED) is 0.871. The van der Waals surface area contributed by atoms with Gasteiger partial charge in [0.25, 0.3) is 0 Å². The van der Waals surface area contributed by atoms with Crippen LogP contribution in [0.3, 0.4) is 0 Å². The van der Waals surface area contributed by atoms with Gasteiger partial charge in [0.1, 0.15) is 5.75 Å². The maximum Gasteiger partial charge on any atom is 0.119 e. The van der Waals surface area contributed by atoms with Gasteiger partial charge in [0, 0.05) is 38.8 Å². The van der Waals surface area contributed by atoms with Gasteiger partial charge in [0.2, 0.25) is 0 Å². The zero-order valence-corrected chi connectivity index (χ0v) is 13.5. The molecule has 0 amide bonds. The van der Waals surface area contributed by atoms with Crippen molar-refractivity contribution < 1.29 is 9.84 Å². The Bertz CT molecular complexity index is 411. The minimum absolute atomic E-state index is 0.425. The Hall–Kier alpha value is -1.10. The maximum absolute atomic E-state index is 10.4. The normalized spacial score (nSPS) is 18.9. The standard InChI is InChI=1S/C17H28N2O2/c1-4-21-16-7-5-15(6-8-16)17(20)13-18-9-11-19(12-10-18)14(2)3/h5-8,14,17,20H,4,9-13H2,1-3H3. The highest BCUT2D eigenvalue weighted by atomic mass is 16.5. The molecule has 0 saturated carbocycles. The highest BCUT2D eigenvalue weighted by Gasteiger charge is 2.21. The van der Waals surface area contributed by atoms with Crippen LogP contribution >= 0.6 is 0 Å². The van der Waals surface area contributed by atoms with Crippen LogP contribution in [0.2, 0.25) is 0 Å². The molecule has 0 radical (unpaired) electrons. The summed E-state index contributed by atoms with van der Waals surface area (Å²) in [6.45, 7) is 12.1. The first kappa shape index (κ1) is 16.3. The summed E-state index contributed by atoms with van der Waals surface area (Å²) < 4.78 is 5.43.